The highest BCUT2D eigenvalue weighted by atomic mass is 35.5. The van der Waals surface area contributed by atoms with Gasteiger partial charge in [-0.1, -0.05) is 30.3 Å². The number of fused-ring (bicyclic) bond motifs is 2. The molecule has 4 N–H and O–H groups in total. The monoisotopic (exact) mass is 430 g/mol. The molecule has 3 aromatic rings. The van der Waals surface area contributed by atoms with Crippen LogP contribution >= 0.6 is 37.2 Å². The van der Waals surface area contributed by atoms with Crippen LogP contribution in [0, 0.1) is 0 Å². The maximum Gasteiger partial charge on any atom is 0.253 e. The molecule has 1 amide bonds. The molecule has 0 saturated carbocycles. The van der Waals surface area contributed by atoms with Gasteiger partial charge in [0.2, 0.25) is 0 Å². The minimum Gasteiger partial charge on any atom is -0.352 e. The van der Waals surface area contributed by atoms with Crippen molar-refractivity contribution in [3.8, 4) is 0 Å². The first-order valence-corrected chi connectivity index (χ1v) is 8.27. The van der Waals surface area contributed by atoms with Crippen molar-refractivity contribution in [3.63, 3.8) is 0 Å². The van der Waals surface area contributed by atoms with Crippen molar-refractivity contribution in [1.82, 2.24) is 15.6 Å². The molecule has 0 atom stereocenters. The van der Waals surface area contributed by atoms with Crippen molar-refractivity contribution in [2.24, 2.45) is 5.73 Å². The fourth-order valence-corrected chi connectivity index (χ4v) is 2.72. The van der Waals surface area contributed by atoms with E-state index in [1.807, 2.05) is 42.5 Å². The van der Waals surface area contributed by atoms with Gasteiger partial charge in [0.05, 0.1) is 16.6 Å². The number of carbonyl (C=O) groups is 1. The maximum atomic E-state index is 12.5. The number of halogens is 3. The van der Waals surface area contributed by atoms with Crippen LogP contribution in [0.5, 0.6) is 0 Å². The predicted molar refractivity (Wildman–Crippen MR) is 120 cm³/mol. The number of nitrogens with one attached hydrogen (secondary N) is 2. The van der Waals surface area contributed by atoms with Crippen LogP contribution in [-0.2, 0) is 0 Å². The Morgan fingerprint density at radius 1 is 0.926 bits per heavy atom. The van der Waals surface area contributed by atoms with E-state index in [1.54, 1.807) is 0 Å². The Morgan fingerprint density at radius 2 is 1.67 bits per heavy atom. The van der Waals surface area contributed by atoms with Crippen molar-refractivity contribution in [1.29, 1.82) is 0 Å². The summed E-state index contributed by atoms with van der Waals surface area (Å²) in [7, 11) is 0. The van der Waals surface area contributed by atoms with Crippen LogP contribution in [-0.4, -0.2) is 37.1 Å². The molecule has 0 fully saturated rings. The number of pyridine rings is 1. The third-order valence-corrected chi connectivity index (χ3v) is 3.93. The SMILES string of the molecule is Cl.Cl.Cl.NCCNCCCNC(=O)c1cccc2cc3ccccc3nc12. The average molecular weight is 432 g/mol. The predicted octanol–water partition coefficient (Wildman–Crippen LogP) is 3.32. The first kappa shape index (κ1) is 25.4. The quantitative estimate of drug-likeness (QED) is 0.396. The molecular formula is C19H25Cl3N4O. The number of aromatic nitrogens is 1. The first-order valence-electron chi connectivity index (χ1n) is 8.27. The summed E-state index contributed by atoms with van der Waals surface area (Å²) in [6, 6.07) is 15.7. The number of para-hydroxylation sites is 2. The largest absolute Gasteiger partial charge is 0.352 e. The van der Waals surface area contributed by atoms with E-state index in [4.69, 9.17) is 5.73 Å². The van der Waals surface area contributed by atoms with Crippen molar-refractivity contribution in [2.45, 2.75) is 6.42 Å². The number of rotatable bonds is 7. The molecule has 0 radical (unpaired) electrons. The van der Waals surface area contributed by atoms with E-state index in [-0.39, 0.29) is 43.1 Å². The zero-order valence-electron chi connectivity index (χ0n) is 14.8. The Morgan fingerprint density at radius 3 is 2.44 bits per heavy atom. The van der Waals surface area contributed by atoms with Crippen LogP contribution in [0.15, 0.2) is 48.5 Å². The Bertz CT molecular complexity index is 861. The summed E-state index contributed by atoms with van der Waals surface area (Å²) < 4.78 is 0. The van der Waals surface area contributed by atoms with Gasteiger partial charge in [-0.25, -0.2) is 4.98 Å². The Hall–Kier alpha value is -1.63. The second-order valence-corrected chi connectivity index (χ2v) is 5.71. The smallest absolute Gasteiger partial charge is 0.253 e. The highest BCUT2D eigenvalue weighted by Crippen LogP contribution is 2.22. The van der Waals surface area contributed by atoms with Gasteiger partial charge in [0.15, 0.2) is 0 Å². The van der Waals surface area contributed by atoms with Crippen LogP contribution in [0.2, 0.25) is 0 Å². The van der Waals surface area contributed by atoms with E-state index in [2.05, 4.69) is 21.7 Å². The van der Waals surface area contributed by atoms with Gasteiger partial charge in [0.1, 0.15) is 0 Å². The summed E-state index contributed by atoms with van der Waals surface area (Å²) in [5.41, 5.74) is 7.68. The van der Waals surface area contributed by atoms with Crippen molar-refractivity contribution >= 4 is 64.9 Å². The molecule has 0 aliphatic heterocycles. The number of hydrogen-bond acceptors (Lipinski definition) is 4. The highest BCUT2D eigenvalue weighted by molar-refractivity contribution is 6.07. The molecular weight excluding hydrogens is 407 g/mol. The molecule has 0 bridgehead atoms. The van der Waals surface area contributed by atoms with Crippen molar-refractivity contribution in [2.75, 3.05) is 26.2 Å². The van der Waals surface area contributed by atoms with Crippen LogP contribution in [0.3, 0.4) is 0 Å². The molecule has 5 nitrogen and oxygen atoms in total. The lowest BCUT2D eigenvalue weighted by molar-refractivity contribution is 0.0954. The molecule has 3 rings (SSSR count). The summed E-state index contributed by atoms with van der Waals surface area (Å²) in [5.74, 6) is -0.0813. The summed E-state index contributed by atoms with van der Waals surface area (Å²) >= 11 is 0. The minimum atomic E-state index is -0.0813. The first-order chi connectivity index (χ1) is 11.8. The second kappa shape index (κ2) is 12.7. The van der Waals surface area contributed by atoms with Gasteiger partial charge in [0.25, 0.3) is 5.91 Å². The third kappa shape index (κ3) is 6.48. The molecule has 0 aliphatic carbocycles. The Balaban J connectivity index is 0.00000225. The van der Waals surface area contributed by atoms with Crippen LogP contribution in [0.4, 0.5) is 0 Å². The van der Waals surface area contributed by atoms with Crippen LogP contribution < -0.4 is 16.4 Å². The summed E-state index contributed by atoms with van der Waals surface area (Å²) in [6.07, 6.45) is 0.868. The topological polar surface area (TPSA) is 80.0 Å². The number of nitrogens with zero attached hydrogens (tertiary/aromatic N) is 1. The lowest BCUT2D eigenvalue weighted by Gasteiger charge is -2.09. The molecule has 8 heteroatoms. The zero-order chi connectivity index (χ0) is 16.8. The van der Waals surface area contributed by atoms with Gasteiger partial charge in [-0.2, -0.15) is 0 Å². The highest BCUT2D eigenvalue weighted by Gasteiger charge is 2.11. The van der Waals surface area contributed by atoms with Gasteiger partial charge in [-0.05, 0) is 31.2 Å². The Kier molecular flexibility index (Phi) is 11.9. The van der Waals surface area contributed by atoms with E-state index in [0.29, 0.717) is 18.7 Å². The van der Waals surface area contributed by atoms with Crippen molar-refractivity contribution < 1.29 is 4.79 Å². The number of nitrogens with two attached hydrogens (primary N) is 1. The summed E-state index contributed by atoms with van der Waals surface area (Å²) in [6.45, 7) is 2.90. The number of benzene rings is 2. The molecule has 0 saturated heterocycles. The standard InChI is InChI=1S/C19H22N4O.3ClH/c20-9-12-21-10-4-11-22-19(24)16-7-3-6-15-13-14-5-1-2-8-17(14)23-18(15)16;;;/h1-3,5-8,13,21H,4,9-12,20H2,(H,22,24);3*1H. The fourth-order valence-electron chi connectivity index (χ4n) is 2.72. The number of amides is 1. The van der Waals surface area contributed by atoms with Gasteiger partial charge in [0, 0.05) is 30.4 Å². The third-order valence-electron chi connectivity index (χ3n) is 3.93. The average Bonchev–Trinajstić information content (AvgIpc) is 2.62. The maximum absolute atomic E-state index is 12.5. The molecule has 0 unspecified atom stereocenters. The van der Waals surface area contributed by atoms with Gasteiger partial charge < -0.3 is 16.4 Å². The second-order valence-electron chi connectivity index (χ2n) is 5.71. The molecule has 1 heterocycles. The van der Waals surface area contributed by atoms with E-state index in [1.165, 1.54) is 0 Å². The molecule has 0 spiro atoms. The lowest BCUT2D eigenvalue weighted by Crippen LogP contribution is -2.29. The lowest BCUT2D eigenvalue weighted by atomic mass is 10.1. The fraction of sp³-hybridized carbons (Fsp3) is 0.263. The molecule has 27 heavy (non-hydrogen) atoms. The van der Waals surface area contributed by atoms with E-state index >= 15 is 0 Å². The van der Waals surface area contributed by atoms with E-state index in [0.717, 1.165) is 41.3 Å². The minimum absolute atomic E-state index is 0. The summed E-state index contributed by atoms with van der Waals surface area (Å²) in [5, 5.41) is 8.23. The van der Waals surface area contributed by atoms with Crippen molar-refractivity contribution in [3.05, 3.63) is 54.1 Å². The summed E-state index contributed by atoms with van der Waals surface area (Å²) in [4.78, 5) is 17.2. The number of carbonyl (C=O) groups excluding carboxylic acids is 1. The Labute approximate surface area is 177 Å². The zero-order valence-corrected chi connectivity index (χ0v) is 17.3. The molecule has 2 aromatic carbocycles. The van der Waals surface area contributed by atoms with Gasteiger partial charge >= 0.3 is 0 Å². The van der Waals surface area contributed by atoms with E-state index in [9.17, 15) is 4.79 Å². The number of hydrogen-bond donors (Lipinski definition) is 3. The molecule has 148 valence electrons. The van der Waals surface area contributed by atoms with Crippen LogP contribution in [0.1, 0.15) is 16.8 Å². The van der Waals surface area contributed by atoms with Gasteiger partial charge in [-0.15, -0.1) is 37.2 Å². The van der Waals surface area contributed by atoms with Crippen LogP contribution in [0.25, 0.3) is 21.8 Å². The van der Waals surface area contributed by atoms with Gasteiger partial charge in [-0.3, -0.25) is 4.79 Å². The normalized spacial score (nSPS) is 9.81. The molecule has 1 aromatic heterocycles. The molecule has 0 aliphatic rings. The van der Waals surface area contributed by atoms with E-state index < -0.39 is 0 Å².